The molecule has 2 fully saturated rings. The Hall–Kier alpha value is -1.11. The first kappa shape index (κ1) is 17.2. The van der Waals surface area contributed by atoms with Gasteiger partial charge in [-0.05, 0) is 35.2 Å². The van der Waals surface area contributed by atoms with Crippen molar-refractivity contribution in [2.24, 2.45) is 0 Å². The third-order valence-electron chi connectivity index (χ3n) is 4.25. The summed E-state index contributed by atoms with van der Waals surface area (Å²) < 4.78 is 0. The SMILES string of the molecule is Cl.O=C(Cc1ccsc1)N1CCCC(N2CCNCC2=O)C1. The predicted molar refractivity (Wildman–Crippen MR) is 89.5 cm³/mol. The van der Waals surface area contributed by atoms with E-state index in [2.05, 4.69) is 5.32 Å². The Bertz CT molecular complexity index is 509. The van der Waals surface area contributed by atoms with Gasteiger partial charge in [-0.1, -0.05) is 0 Å². The second-order valence-electron chi connectivity index (χ2n) is 5.71. The molecule has 0 aliphatic carbocycles. The van der Waals surface area contributed by atoms with Crippen molar-refractivity contribution in [3.05, 3.63) is 22.4 Å². The molecule has 122 valence electrons. The Morgan fingerprint density at radius 3 is 3.00 bits per heavy atom. The number of carbonyl (C=O) groups excluding carboxylic acids is 2. The van der Waals surface area contributed by atoms with Crippen LogP contribution in [-0.4, -0.2) is 60.4 Å². The van der Waals surface area contributed by atoms with E-state index in [4.69, 9.17) is 0 Å². The van der Waals surface area contributed by atoms with Gasteiger partial charge in [0.05, 0.1) is 13.0 Å². The first-order valence-electron chi connectivity index (χ1n) is 7.53. The maximum absolute atomic E-state index is 12.4. The van der Waals surface area contributed by atoms with Crippen molar-refractivity contribution in [2.45, 2.75) is 25.3 Å². The Morgan fingerprint density at radius 1 is 1.41 bits per heavy atom. The number of halogens is 1. The van der Waals surface area contributed by atoms with Crippen molar-refractivity contribution >= 4 is 35.6 Å². The molecular formula is C15H22ClN3O2S. The average molecular weight is 344 g/mol. The number of nitrogens with zero attached hydrogens (tertiary/aromatic N) is 2. The van der Waals surface area contributed by atoms with E-state index in [0.29, 0.717) is 19.5 Å². The number of hydrogen-bond acceptors (Lipinski definition) is 4. The number of hydrogen-bond donors (Lipinski definition) is 1. The first-order chi connectivity index (χ1) is 10.2. The molecule has 1 N–H and O–H groups in total. The van der Waals surface area contributed by atoms with E-state index in [0.717, 1.165) is 38.0 Å². The van der Waals surface area contributed by atoms with Gasteiger partial charge >= 0.3 is 0 Å². The normalized spacial score (nSPS) is 22.4. The second-order valence-corrected chi connectivity index (χ2v) is 6.49. The van der Waals surface area contributed by atoms with Crippen LogP contribution in [0.4, 0.5) is 0 Å². The van der Waals surface area contributed by atoms with E-state index in [1.54, 1.807) is 11.3 Å². The number of carbonyl (C=O) groups is 2. The molecule has 1 unspecified atom stereocenters. The van der Waals surface area contributed by atoms with Gasteiger partial charge < -0.3 is 15.1 Å². The Morgan fingerprint density at radius 2 is 2.27 bits per heavy atom. The van der Waals surface area contributed by atoms with Gasteiger partial charge in [0.15, 0.2) is 0 Å². The Balaban J connectivity index is 0.00000176. The highest BCUT2D eigenvalue weighted by Crippen LogP contribution is 2.18. The molecule has 0 radical (unpaired) electrons. The number of rotatable bonds is 3. The molecule has 0 saturated carbocycles. The van der Waals surface area contributed by atoms with Crippen molar-refractivity contribution in [3.8, 4) is 0 Å². The summed E-state index contributed by atoms with van der Waals surface area (Å²) in [6, 6.07) is 2.20. The predicted octanol–water partition coefficient (Wildman–Crippen LogP) is 1.14. The number of piperidine rings is 1. The fourth-order valence-corrected chi connectivity index (χ4v) is 3.79. The lowest BCUT2D eigenvalue weighted by Gasteiger charge is -2.41. The van der Waals surface area contributed by atoms with Crippen LogP contribution in [0.2, 0.25) is 0 Å². The van der Waals surface area contributed by atoms with Gasteiger partial charge in [-0.3, -0.25) is 9.59 Å². The highest BCUT2D eigenvalue weighted by Gasteiger charge is 2.31. The maximum atomic E-state index is 12.4. The summed E-state index contributed by atoms with van der Waals surface area (Å²) in [6.07, 6.45) is 2.47. The van der Waals surface area contributed by atoms with Crippen LogP contribution in [0.15, 0.2) is 16.8 Å². The molecule has 1 aromatic heterocycles. The van der Waals surface area contributed by atoms with Gasteiger partial charge in [-0.15, -0.1) is 12.4 Å². The highest BCUT2D eigenvalue weighted by atomic mass is 35.5. The zero-order valence-electron chi connectivity index (χ0n) is 12.5. The zero-order chi connectivity index (χ0) is 14.7. The lowest BCUT2D eigenvalue weighted by Crippen LogP contribution is -2.57. The quantitative estimate of drug-likeness (QED) is 0.895. The number of thiophene rings is 1. The molecule has 0 bridgehead atoms. The minimum absolute atomic E-state index is 0. The number of piperazine rings is 1. The Kier molecular flexibility index (Phi) is 6.23. The maximum Gasteiger partial charge on any atom is 0.236 e. The number of amides is 2. The summed E-state index contributed by atoms with van der Waals surface area (Å²) in [4.78, 5) is 28.3. The molecular weight excluding hydrogens is 322 g/mol. The molecule has 5 nitrogen and oxygen atoms in total. The van der Waals surface area contributed by atoms with Gasteiger partial charge in [0.2, 0.25) is 11.8 Å². The van der Waals surface area contributed by atoms with E-state index >= 15 is 0 Å². The van der Waals surface area contributed by atoms with E-state index in [-0.39, 0.29) is 30.3 Å². The van der Waals surface area contributed by atoms with Crippen molar-refractivity contribution in [3.63, 3.8) is 0 Å². The number of likely N-dealkylation sites (tertiary alicyclic amines) is 1. The molecule has 2 amide bonds. The Labute approximate surface area is 141 Å². The van der Waals surface area contributed by atoms with Crippen LogP contribution in [0.25, 0.3) is 0 Å². The summed E-state index contributed by atoms with van der Waals surface area (Å²) in [5.74, 6) is 0.346. The molecule has 2 aliphatic rings. The summed E-state index contributed by atoms with van der Waals surface area (Å²) in [5, 5.41) is 7.12. The van der Waals surface area contributed by atoms with Gasteiger partial charge in [-0.2, -0.15) is 11.3 Å². The van der Waals surface area contributed by atoms with Crippen LogP contribution in [0.1, 0.15) is 18.4 Å². The van der Waals surface area contributed by atoms with Crippen molar-refractivity contribution in [1.29, 1.82) is 0 Å². The highest BCUT2D eigenvalue weighted by molar-refractivity contribution is 7.07. The number of nitrogens with one attached hydrogen (secondary N) is 1. The molecule has 7 heteroatoms. The van der Waals surface area contributed by atoms with Crippen molar-refractivity contribution in [2.75, 3.05) is 32.7 Å². The third kappa shape index (κ3) is 4.00. The largest absolute Gasteiger partial charge is 0.340 e. The molecule has 2 saturated heterocycles. The monoisotopic (exact) mass is 343 g/mol. The van der Waals surface area contributed by atoms with Crippen LogP contribution >= 0.6 is 23.7 Å². The average Bonchev–Trinajstić information content (AvgIpc) is 3.01. The smallest absolute Gasteiger partial charge is 0.236 e. The molecule has 1 atom stereocenters. The topological polar surface area (TPSA) is 52.7 Å². The van der Waals surface area contributed by atoms with Gasteiger partial charge in [0.1, 0.15) is 0 Å². The van der Waals surface area contributed by atoms with E-state index in [9.17, 15) is 9.59 Å². The summed E-state index contributed by atoms with van der Waals surface area (Å²) in [7, 11) is 0. The van der Waals surface area contributed by atoms with E-state index in [1.807, 2.05) is 26.6 Å². The lowest BCUT2D eigenvalue weighted by molar-refractivity contribution is -0.140. The van der Waals surface area contributed by atoms with Crippen molar-refractivity contribution < 1.29 is 9.59 Å². The molecule has 3 heterocycles. The molecule has 1 aromatic rings. The van der Waals surface area contributed by atoms with Gasteiger partial charge in [0.25, 0.3) is 0 Å². The minimum atomic E-state index is 0. The summed E-state index contributed by atoms with van der Waals surface area (Å²) >= 11 is 1.62. The molecule has 3 rings (SSSR count). The fourth-order valence-electron chi connectivity index (χ4n) is 3.12. The van der Waals surface area contributed by atoms with Crippen LogP contribution in [-0.2, 0) is 16.0 Å². The first-order valence-corrected chi connectivity index (χ1v) is 8.47. The van der Waals surface area contributed by atoms with Crippen molar-refractivity contribution in [1.82, 2.24) is 15.1 Å². The standard InChI is InChI=1S/C15H21N3O2S.ClH/c19-14(8-12-3-7-21-11-12)17-5-1-2-13(10-17)18-6-4-16-9-15(18)20;/h3,7,11,13,16H,1-2,4-6,8-10H2;1H. The lowest BCUT2D eigenvalue weighted by atomic mass is 10.0. The zero-order valence-corrected chi connectivity index (χ0v) is 14.1. The third-order valence-corrected chi connectivity index (χ3v) is 4.98. The van der Waals surface area contributed by atoms with Gasteiger partial charge in [0, 0.05) is 32.2 Å². The fraction of sp³-hybridized carbons (Fsp3) is 0.600. The molecule has 22 heavy (non-hydrogen) atoms. The molecule has 0 spiro atoms. The van der Waals surface area contributed by atoms with Crippen LogP contribution < -0.4 is 5.32 Å². The van der Waals surface area contributed by atoms with Crippen LogP contribution in [0.5, 0.6) is 0 Å². The minimum Gasteiger partial charge on any atom is -0.340 e. The molecule has 2 aliphatic heterocycles. The molecule has 0 aromatic carbocycles. The van der Waals surface area contributed by atoms with Gasteiger partial charge in [-0.25, -0.2) is 0 Å². The van der Waals surface area contributed by atoms with Crippen LogP contribution in [0.3, 0.4) is 0 Å². The van der Waals surface area contributed by atoms with E-state index < -0.39 is 0 Å². The summed E-state index contributed by atoms with van der Waals surface area (Å²) in [5.41, 5.74) is 1.09. The van der Waals surface area contributed by atoms with Crippen LogP contribution in [0, 0.1) is 0 Å². The van der Waals surface area contributed by atoms with E-state index in [1.165, 1.54) is 0 Å². The summed E-state index contributed by atoms with van der Waals surface area (Å²) in [6.45, 7) is 3.55. The second kappa shape index (κ2) is 7.94.